The van der Waals surface area contributed by atoms with Crippen molar-refractivity contribution < 1.29 is 13.2 Å². The largest absolute Gasteiger partial charge is 0.325 e. The monoisotopic (exact) mass is 289 g/mol. The molecule has 0 radical (unpaired) electrons. The smallest absolute Gasteiger partial charge is 0.212 e. The number of hydrogen-bond acceptors (Lipinski definition) is 2. The normalized spacial score (nSPS) is 10.6. The van der Waals surface area contributed by atoms with Crippen molar-refractivity contribution in [1.29, 1.82) is 0 Å². The number of rotatable bonds is 3. The minimum absolute atomic E-state index is 0.121. The molecule has 3 rings (SSSR count). The summed E-state index contributed by atoms with van der Waals surface area (Å²) in [6.07, 6.45) is 2.90. The Morgan fingerprint density at radius 2 is 1.67 bits per heavy atom. The average Bonchev–Trinajstić information content (AvgIpc) is 2.94. The summed E-state index contributed by atoms with van der Waals surface area (Å²) in [6, 6.07) is 11.2. The minimum Gasteiger partial charge on any atom is -0.325 e. The second-order valence-electron chi connectivity index (χ2n) is 4.31. The van der Waals surface area contributed by atoms with E-state index in [2.05, 4.69) is 10.3 Å². The lowest BCUT2D eigenvalue weighted by atomic mass is 10.2. The molecule has 0 aliphatic carbocycles. The first-order chi connectivity index (χ1) is 10.2. The molecule has 3 nitrogen and oxygen atoms in total. The van der Waals surface area contributed by atoms with Crippen molar-refractivity contribution in [2.75, 3.05) is 5.32 Å². The van der Waals surface area contributed by atoms with E-state index < -0.39 is 17.5 Å². The van der Waals surface area contributed by atoms with Crippen LogP contribution in [0.15, 0.2) is 54.9 Å². The minimum atomic E-state index is -1.51. The molecule has 21 heavy (non-hydrogen) atoms. The third-order valence-electron chi connectivity index (χ3n) is 2.95. The number of aromatic nitrogens is 2. The standard InChI is InChI=1S/C15H10F3N3/c16-11-6-7-12(14(18)13(11)17)21-9-8-19-15(21)20-10-4-2-1-3-5-10/h1-9H,(H,19,20). The number of nitrogens with zero attached hydrogens (tertiary/aromatic N) is 2. The molecule has 0 aliphatic heterocycles. The van der Waals surface area contributed by atoms with Gasteiger partial charge in [0.05, 0.1) is 5.69 Å². The van der Waals surface area contributed by atoms with Crippen LogP contribution in [0.3, 0.4) is 0 Å². The van der Waals surface area contributed by atoms with Crippen molar-refractivity contribution >= 4 is 11.6 Å². The van der Waals surface area contributed by atoms with Gasteiger partial charge in [0.1, 0.15) is 0 Å². The molecule has 2 aromatic carbocycles. The molecule has 106 valence electrons. The van der Waals surface area contributed by atoms with Gasteiger partial charge in [-0.25, -0.2) is 18.2 Å². The average molecular weight is 289 g/mol. The van der Waals surface area contributed by atoms with Gasteiger partial charge in [0.2, 0.25) is 5.95 Å². The number of anilines is 2. The van der Waals surface area contributed by atoms with Crippen LogP contribution in [0.25, 0.3) is 5.69 Å². The van der Waals surface area contributed by atoms with Crippen LogP contribution in [0.2, 0.25) is 0 Å². The fourth-order valence-electron chi connectivity index (χ4n) is 1.94. The number of imidazole rings is 1. The molecule has 1 heterocycles. The summed E-state index contributed by atoms with van der Waals surface area (Å²) < 4.78 is 41.5. The summed E-state index contributed by atoms with van der Waals surface area (Å²) in [7, 11) is 0. The summed E-state index contributed by atoms with van der Waals surface area (Å²) in [5.74, 6) is -3.70. The highest BCUT2D eigenvalue weighted by Gasteiger charge is 2.16. The first kappa shape index (κ1) is 13.2. The topological polar surface area (TPSA) is 29.9 Å². The Balaban J connectivity index is 2.02. The van der Waals surface area contributed by atoms with E-state index >= 15 is 0 Å². The number of benzene rings is 2. The third kappa shape index (κ3) is 2.47. The molecule has 0 atom stereocenters. The molecule has 1 aromatic heterocycles. The fourth-order valence-corrected chi connectivity index (χ4v) is 1.94. The van der Waals surface area contributed by atoms with Crippen molar-refractivity contribution in [3.63, 3.8) is 0 Å². The van der Waals surface area contributed by atoms with E-state index in [0.717, 1.165) is 17.8 Å². The molecule has 0 amide bonds. The Bertz CT molecular complexity index is 769. The van der Waals surface area contributed by atoms with Gasteiger partial charge in [-0.3, -0.25) is 4.57 Å². The molecule has 0 saturated carbocycles. The van der Waals surface area contributed by atoms with Gasteiger partial charge in [-0.1, -0.05) is 18.2 Å². The predicted octanol–water partition coefficient (Wildman–Crippen LogP) is 4.03. The third-order valence-corrected chi connectivity index (χ3v) is 2.95. The van der Waals surface area contributed by atoms with E-state index in [1.807, 2.05) is 18.2 Å². The van der Waals surface area contributed by atoms with Crippen LogP contribution < -0.4 is 5.32 Å². The van der Waals surface area contributed by atoms with Gasteiger partial charge in [0.15, 0.2) is 17.5 Å². The Labute approximate surface area is 118 Å². The second-order valence-corrected chi connectivity index (χ2v) is 4.31. The lowest BCUT2D eigenvalue weighted by Gasteiger charge is -2.11. The lowest BCUT2D eigenvalue weighted by Crippen LogP contribution is -2.05. The summed E-state index contributed by atoms with van der Waals surface area (Å²) in [5.41, 5.74) is 0.623. The molecule has 0 saturated heterocycles. The molecule has 0 spiro atoms. The number of hydrogen-bond donors (Lipinski definition) is 1. The van der Waals surface area contributed by atoms with Crippen LogP contribution in [0, 0.1) is 17.5 Å². The summed E-state index contributed by atoms with van der Waals surface area (Å²) in [4.78, 5) is 4.05. The SMILES string of the molecule is Fc1ccc(-n2ccnc2Nc2ccccc2)c(F)c1F. The van der Waals surface area contributed by atoms with Crippen LogP contribution in [0.5, 0.6) is 0 Å². The van der Waals surface area contributed by atoms with Crippen LogP contribution in [0.1, 0.15) is 0 Å². The number of halogens is 3. The first-order valence-electron chi connectivity index (χ1n) is 6.16. The van der Waals surface area contributed by atoms with E-state index in [9.17, 15) is 13.2 Å². The van der Waals surface area contributed by atoms with Crippen LogP contribution in [-0.2, 0) is 0 Å². The summed E-state index contributed by atoms with van der Waals surface area (Å²) in [5, 5.41) is 2.98. The quantitative estimate of drug-likeness (QED) is 0.738. The van der Waals surface area contributed by atoms with Crippen LogP contribution in [-0.4, -0.2) is 9.55 Å². The van der Waals surface area contributed by atoms with Crippen molar-refractivity contribution in [2.45, 2.75) is 0 Å². The van der Waals surface area contributed by atoms with Crippen molar-refractivity contribution in [3.05, 3.63) is 72.3 Å². The first-order valence-corrected chi connectivity index (χ1v) is 6.16. The zero-order valence-corrected chi connectivity index (χ0v) is 10.7. The van der Waals surface area contributed by atoms with Gasteiger partial charge in [-0.05, 0) is 24.3 Å². The molecule has 1 N–H and O–H groups in total. The Morgan fingerprint density at radius 3 is 2.43 bits per heavy atom. The zero-order chi connectivity index (χ0) is 14.8. The van der Waals surface area contributed by atoms with Gasteiger partial charge in [-0.2, -0.15) is 0 Å². The van der Waals surface area contributed by atoms with Gasteiger partial charge in [-0.15, -0.1) is 0 Å². The van der Waals surface area contributed by atoms with Gasteiger partial charge in [0, 0.05) is 18.1 Å². The molecule has 0 aliphatic rings. The van der Waals surface area contributed by atoms with E-state index in [1.165, 1.54) is 17.0 Å². The lowest BCUT2D eigenvalue weighted by molar-refractivity contribution is 0.445. The molecular weight excluding hydrogens is 279 g/mol. The molecule has 0 bridgehead atoms. The van der Waals surface area contributed by atoms with E-state index in [0.29, 0.717) is 5.95 Å². The summed E-state index contributed by atoms with van der Waals surface area (Å²) in [6.45, 7) is 0. The fraction of sp³-hybridized carbons (Fsp3) is 0. The van der Waals surface area contributed by atoms with Crippen molar-refractivity contribution in [2.24, 2.45) is 0 Å². The second kappa shape index (κ2) is 5.32. The maximum atomic E-state index is 13.9. The van der Waals surface area contributed by atoms with Gasteiger partial charge >= 0.3 is 0 Å². The van der Waals surface area contributed by atoms with E-state index in [4.69, 9.17) is 0 Å². The van der Waals surface area contributed by atoms with Crippen LogP contribution >= 0.6 is 0 Å². The Hall–Kier alpha value is -2.76. The van der Waals surface area contributed by atoms with E-state index in [1.54, 1.807) is 12.1 Å². The van der Waals surface area contributed by atoms with E-state index in [-0.39, 0.29) is 5.69 Å². The molecule has 0 fully saturated rings. The Kier molecular flexibility index (Phi) is 3.35. The maximum Gasteiger partial charge on any atom is 0.212 e. The van der Waals surface area contributed by atoms with Gasteiger partial charge in [0.25, 0.3) is 0 Å². The molecular formula is C15H10F3N3. The van der Waals surface area contributed by atoms with Crippen molar-refractivity contribution in [1.82, 2.24) is 9.55 Å². The number of para-hydroxylation sites is 1. The Morgan fingerprint density at radius 1 is 0.905 bits per heavy atom. The summed E-state index contributed by atoms with van der Waals surface area (Å²) >= 11 is 0. The van der Waals surface area contributed by atoms with Crippen molar-refractivity contribution in [3.8, 4) is 5.69 Å². The predicted molar refractivity (Wildman–Crippen MR) is 73.2 cm³/mol. The maximum absolute atomic E-state index is 13.9. The van der Waals surface area contributed by atoms with Crippen LogP contribution in [0.4, 0.5) is 24.8 Å². The molecule has 6 heteroatoms. The highest BCUT2D eigenvalue weighted by molar-refractivity contribution is 5.56. The molecule has 0 unspecified atom stereocenters. The number of nitrogens with one attached hydrogen (secondary N) is 1. The van der Waals surface area contributed by atoms with Gasteiger partial charge < -0.3 is 5.32 Å². The highest BCUT2D eigenvalue weighted by Crippen LogP contribution is 2.23. The highest BCUT2D eigenvalue weighted by atomic mass is 19.2. The molecule has 3 aromatic rings. The zero-order valence-electron chi connectivity index (χ0n) is 10.7.